The van der Waals surface area contributed by atoms with Gasteiger partial charge in [-0.05, 0) is 234 Å². The third kappa shape index (κ3) is 13.3. The number of benzene rings is 13. The first kappa shape index (κ1) is 74.7. The number of hydrogen-bond donors (Lipinski definition) is 0. The minimum atomic E-state index is -0.229. The summed E-state index contributed by atoms with van der Waals surface area (Å²) in [4.78, 5) is 10.5. The highest BCUT2D eigenvalue weighted by Crippen LogP contribution is 2.50. The van der Waals surface area contributed by atoms with Crippen LogP contribution in [0.25, 0.3) is 111 Å². The van der Waals surface area contributed by atoms with Gasteiger partial charge in [0.05, 0.1) is 22.1 Å². The zero-order valence-electron chi connectivity index (χ0n) is 70.4. The number of anilines is 4. The summed E-state index contributed by atoms with van der Waals surface area (Å²) in [6.07, 6.45) is 3.98. The molecule has 115 heavy (non-hydrogen) atoms. The molecule has 0 unspecified atom stereocenters. The molecule has 0 saturated heterocycles. The van der Waals surface area contributed by atoms with E-state index in [2.05, 4.69) is 429 Å². The van der Waals surface area contributed by atoms with Gasteiger partial charge in [-0.1, -0.05) is 313 Å². The zero-order chi connectivity index (χ0) is 80.2. The average Bonchev–Trinajstić information content (AvgIpc) is 1.13. The summed E-state index contributed by atoms with van der Waals surface area (Å²) in [5.41, 5.74) is 37.0. The van der Waals surface area contributed by atoms with Gasteiger partial charge in [0.2, 0.25) is 0 Å². The fraction of sp³-hybridized carbons (Fsp3) is 0.239. The maximum Gasteiger partial charge on any atom is 0.252 e. The Kier molecular flexibility index (Phi) is 17.9. The maximum absolute atomic E-state index is 4.96. The third-order valence-corrected chi connectivity index (χ3v) is 24.9. The normalized spacial score (nSPS) is 13.3. The molecule has 3 aromatic heterocycles. The van der Waals surface area contributed by atoms with Gasteiger partial charge in [0, 0.05) is 86.7 Å². The molecule has 0 spiro atoms. The van der Waals surface area contributed by atoms with Crippen LogP contribution in [0.3, 0.4) is 0 Å². The SMILES string of the molecule is CC(C)(C)c1cc(-c2ccccc2)c(CN2c3cc(-n4c5ccc(C(C)(C)C)cc5c5cc(C(C)(C)C)ccc54)ccc3B3c4ccc(-n5c6ccc(C(C)(C)C)cc6c6cc(C(C)(C)C)ccc65)cc4N(Cc4c(-c5ccccc5)cc(C(C)(C)C)cc4-c4ccccc4)c4cc(-c5cccnc5)cc2c43)c(-c2ccccc2)c1. The van der Waals surface area contributed by atoms with Crippen LogP contribution >= 0.6 is 0 Å². The number of pyridine rings is 1. The molecule has 0 amide bonds. The van der Waals surface area contributed by atoms with E-state index in [1.165, 1.54) is 160 Å². The Morgan fingerprint density at radius 1 is 0.261 bits per heavy atom. The smallest absolute Gasteiger partial charge is 0.252 e. The van der Waals surface area contributed by atoms with Crippen molar-refractivity contribution in [1.29, 1.82) is 0 Å². The summed E-state index contributed by atoms with van der Waals surface area (Å²) in [5.74, 6) is 0. The number of hydrogen-bond acceptors (Lipinski definition) is 3. The lowest BCUT2D eigenvalue weighted by Gasteiger charge is -2.45. The van der Waals surface area contributed by atoms with E-state index in [-0.39, 0.29) is 39.2 Å². The van der Waals surface area contributed by atoms with Crippen LogP contribution in [0, 0.1) is 0 Å². The van der Waals surface area contributed by atoms with Crippen molar-refractivity contribution in [3.05, 3.63) is 336 Å². The molecule has 13 aromatic carbocycles. The van der Waals surface area contributed by atoms with Gasteiger partial charge in [-0.2, -0.15) is 0 Å². The van der Waals surface area contributed by atoms with E-state index in [1.54, 1.807) is 0 Å². The molecule has 5 heterocycles. The van der Waals surface area contributed by atoms with Crippen molar-refractivity contribution in [1.82, 2.24) is 14.1 Å². The molecule has 6 heteroatoms. The summed E-state index contributed by atoms with van der Waals surface area (Å²) >= 11 is 0. The van der Waals surface area contributed by atoms with Gasteiger partial charge in [0.1, 0.15) is 0 Å². The number of fused-ring (bicyclic) bond motifs is 10. The summed E-state index contributed by atoms with van der Waals surface area (Å²) < 4.78 is 5.14. The van der Waals surface area contributed by atoms with Crippen molar-refractivity contribution >= 4 is 89.5 Å². The summed E-state index contributed by atoms with van der Waals surface area (Å²) in [7, 11) is 0. The molecule has 2 aliphatic heterocycles. The first-order valence-electron chi connectivity index (χ1n) is 41.5. The van der Waals surface area contributed by atoms with Gasteiger partial charge >= 0.3 is 0 Å². The predicted molar refractivity (Wildman–Crippen MR) is 494 cm³/mol. The first-order valence-corrected chi connectivity index (χ1v) is 41.5. The lowest BCUT2D eigenvalue weighted by molar-refractivity contribution is 0.590. The molecule has 0 saturated carbocycles. The van der Waals surface area contributed by atoms with Crippen LogP contribution in [-0.2, 0) is 45.6 Å². The lowest BCUT2D eigenvalue weighted by Crippen LogP contribution is -2.62. The Labute approximate surface area is 682 Å². The molecule has 0 atom stereocenters. The molecule has 0 aliphatic carbocycles. The van der Waals surface area contributed by atoms with Gasteiger partial charge in [-0.25, -0.2) is 0 Å². The molecule has 0 radical (unpaired) electrons. The second-order valence-electron chi connectivity index (χ2n) is 38.9. The minimum absolute atomic E-state index is 0.0621. The molecule has 570 valence electrons. The summed E-state index contributed by atoms with van der Waals surface area (Å²) in [5, 5.41) is 5.06. The molecule has 0 fully saturated rings. The highest BCUT2D eigenvalue weighted by molar-refractivity contribution is 7.00. The Bertz CT molecular complexity index is 5860. The Morgan fingerprint density at radius 3 is 0.835 bits per heavy atom. The van der Waals surface area contributed by atoms with Crippen LogP contribution in [0.4, 0.5) is 22.7 Å². The highest BCUT2D eigenvalue weighted by atomic mass is 15.2. The van der Waals surface area contributed by atoms with Crippen LogP contribution in [0.1, 0.15) is 169 Å². The maximum atomic E-state index is 4.96. The van der Waals surface area contributed by atoms with Crippen LogP contribution in [-0.4, -0.2) is 20.8 Å². The molecule has 18 rings (SSSR count). The van der Waals surface area contributed by atoms with Crippen LogP contribution in [0.15, 0.2) is 291 Å². The van der Waals surface area contributed by atoms with Gasteiger partial charge < -0.3 is 18.9 Å². The van der Waals surface area contributed by atoms with E-state index in [1.807, 2.05) is 6.20 Å². The zero-order valence-corrected chi connectivity index (χ0v) is 70.4. The van der Waals surface area contributed by atoms with Crippen molar-refractivity contribution in [2.45, 2.75) is 170 Å². The Balaban J connectivity index is 0.984. The minimum Gasteiger partial charge on any atom is -0.338 e. The van der Waals surface area contributed by atoms with Gasteiger partial charge in [-0.3, -0.25) is 4.98 Å². The third-order valence-electron chi connectivity index (χ3n) is 24.9. The molecule has 5 nitrogen and oxygen atoms in total. The van der Waals surface area contributed by atoms with E-state index < -0.39 is 0 Å². The average molecular weight is 1500 g/mol. The fourth-order valence-corrected chi connectivity index (χ4v) is 18.3. The van der Waals surface area contributed by atoms with Crippen molar-refractivity contribution in [3.63, 3.8) is 0 Å². The Hall–Kier alpha value is -11.7. The monoisotopic (exact) mass is 1500 g/mol. The van der Waals surface area contributed by atoms with E-state index >= 15 is 0 Å². The van der Waals surface area contributed by atoms with Crippen LogP contribution in [0.5, 0.6) is 0 Å². The molecular weight excluding hydrogens is 1390 g/mol. The largest absolute Gasteiger partial charge is 0.338 e. The Morgan fingerprint density at radius 2 is 0.557 bits per heavy atom. The van der Waals surface area contributed by atoms with Crippen molar-refractivity contribution < 1.29 is 0 Å². The molecule has 2 aliphatic rings. The van der Waals surface area contributed by atoms with E-state index in [9.17, 15) is 0 Å². The second-order valence-corrected chi connectivity index (χ2v) is 38.9. The van der Waals surface area contributed by atoms with Gasteiger partial charge in [0.15, 0.2) is 0 Å². The summed E-state index contributed by atoms with van der Waals surface area (Å²) in [6.45, 7) is 43.1. The molecule has 0 bridgehead atoms. The number of aromatic nitrogens is 3. The van der Waals surface area contributed by atoms with Crippen molar-refractivity contribution in [3.8, 4) is 67.0 Å². The van der Waals surface area contributed by atoms with E-state index in [4.69, 9.17) is 4.98 Å². The van der Waals surface area contributed by atoms with Crippen LogP contribution in [0.2, 0.25) is 0 Å². The summed E-state index contributed by atoms with van der Waals surface area (Å²) in [6, 6.07) is 108. The fourth-order valence-electron chi connectivity index (χ4n) is 18.3. The lowest BCUT2D eigenvalue weighted by atomic mass is 9.33. The van der Waals surface area contributed by atoms with Gasteiger partial charge in [0.25, 0.3) is 6.71 Å². The van der Waals surface area contributed by atoms with Gasteiger partial charge in [-0.15, -0.1) is 0 Å². The predicted octanol–water partition coefficient (Wildman–Crippen LogP) is 27.2. The highest BCUT2D eigenvalue weighted by Gasteiger charge is 2.45. The number of rotatable bonds is 11. The topological polar surface area (TPSA) is 29.2 Å². The standard InChI is InChI=1S/C109H106BN5/c1-104(2,3)75-41-49-95-87(56-75)88-57-76(105(4,5)6)42-50-96(88)114(95)81-45-47-93-99(64-81)112(67-91-83(69-32-23-19-24-33-69)60-79(108(13,14)15)61-84(91)70-34-25-20-26-35-70)101-54-74(73-40-31-53-111-66-73)55-102-103(101)110(93)94-48-46-82(115-97-51-43-77(106(7,8)9)58-89(97)90-59-78(107(10,11)12)44-52-98(90)115)65-100(94)113(102)68-92-85(71-36-27-21-28-37-71)62-80(109(16,17)18)63-86(92)72-38-29-22-30-39-72/h19-66H,67-68H2,1-18H3. The molecule has 16 aromatic rings. The molecular formula is C109H106BN5. The van der Waals surface area contributed by atoms with E-state index in [0.717, 1.165) is 33.9 Å². The van der Waals surface area contributed by atoms with E-state index in [0.29, 0.717) is 13.1 Å². The quantitative estimate of drug-likeness (QED) is 0.121. The molecule has 0 N–H and O–H groups in total. The number of nitrogens with zero attached hydrogens (tertiary/aromatic N) is 5. The van der Waals surface area contributed by atoms with Crippen LogP contribution < -0.4 is 26.2 Å². The van der Waals surface area contributed by atoms with Crippen molar-refractivity contribution in [2.24, 2.45) is 0 Å². The second kappa shape index (κ2) is 27.5. The first-order chi connectivity index (χ1) is 54.8. The van der Waals surface area contributed by atoms with Crippen molar-refractivity contribution in [2.75, 3.05) is 9.80 Å².